The summed E-state index contributed by atoms with van der Waals surface area (Å²) < 4.78 is 5.36. The van der Waals surface area contributed by atoms with E-state index in [1.54, 1.807) is 7.11 Å². The molecule has 1 atom stereocenters. The maximum absolute atomic E-state index is 6.24. The molecule has 1 unspecified atom stereocenters. The highest BCUT2D eigenvalue weighted by molar-refractivity contribution is 6.30. The lowest BCUT2D eigenvalue weighted by Crippen LogP contribution is -2.23. The van der Waals surface area contributed by atoms with Gasteiger partial charge in [-0.05, 0) is 55.0 Å². The molecule has 0 amide bonds. The average molecular weight is 304 g/mol. The zero-order valence-corrected chi connectivity index (χ0v) is 13.1. The monoisotopic (exact) mass is 303 g/mol. The van der Waals surface area contributed by atoms with E-state index in [9.17, 15) is 0 Å². The standard InChI is InChI=1S/C18H22ClNO/c1-21-18-11-10-16(19)12-15(18)13-17(20)9-5-8-14-6-3-2-4-7-14/h2-4,6-7,10-12,17H,5,8-9,13,20H2,1H3. The summed E-state index contributed by atoms with van der Waals surface area (Å²) in [6, 6.07) is 16.3. The third-order valence-corrected chi connectivity index (χ3v) is 3.84. The Morgan fingerprint density at radius 3 is 2.62 bits per heavy atom. The van der Waals surface area contributed by atoms with E-state index in [1.165, 1.54) is 5.56 Å². The lowest BCUT2D eigenvalue weighted by atomic mass is 9.99. The molecule has 0 spiro atoms. The van der Waals surface area contributed by atoms with Crippen molar-refractivity contribution in [2.45, 2.75) is 31.7 Å². The Hall–Kier alpha value is -1.51. The van der Waals surface area contributed by atoms with Gasteiger partial charge in [0, 0.05) is 11.1 Å². The van der Waals surface area contributed by atoms with Crippen LogP contribution in [0.5, 0.6) is 5.75 Å². The van der Waals surface area contributed by atoms with Crippen molar-refractivity contribution in [1.29, 1.82) is 0 Å². The highest BCUT2D eigenvalue weighted by Gasteiger charge is 2.09. The van der Waals surface area contributed by atoms with Crippen LogP contribution in [0.3, 0.4) is 0 Å². The van der Waals surface area contributed by atoms with E-state index in [-0.39, 0.29) is 6.04 Å². The molecule has 2 aromatic carbocycles. The van der Waals surface area contributed by atoms with Crippen LogP contribution in [-0.2, 0) is 12.8 Å². The van der Waals surface area contributed by atoms with Crippen LogP contribution < -0.4 is 10.5 Å². The fraction of sp³-hybridized carbons (Fsp3) is 0.333. The lowest BCUT2D eigenvalue weighted by molar-refractivity contribution is 0.407. The van der Waals surface area contributed by atoms with Gasteiger partial charge < -0.3 is 10.5 Å². The molecule has 0 aromatic heterocycles. The largest absolute Gasteiger partial charge is 0.496 e. The van der Waals surface area contributed by atoms with Crippen LogP contribution in [-0.4, -0.2) is 13.2 Å². The van der Waals surface area contributed by atoms with Gasteiger partial charge in [-0.2, -0.15) is 0 Å². The SMILES string of the molecule is COc1ccc(Cl)cc1CC(N)CCCc1ccccc1. The van der Waals surface area contributed by atoms with Crippen LogP contribution in [0.25, 0.3) is 0 Å². The number of aryl methyl sites for hydroxylation is 1. The summed E-state index contributed by atoms with van der Waals surface area (Å²) in [5, 5.41) is 0.724. The summed E-state index contributed by atoms with van der Waals surface area (Å²) in [6.07, 6.45) is 3.94. The predicted octanol–water partition coefficient (Wildman–Crippen LogP) is 4.24. The topological polar surface area (TPSA) is 35.2 Å². The van der Waals surface area contributed by atoms with Gasteiger partial charge in [-0.15, -0.1) is 0 Å². The summed E-state index contributed by atoms with van der Waals surface area (Å²) in [5.41, 5.74) is 8.69. The summed E-state index contributed by atoms with van der Waals surface area (Å²) in [6.45, 7) is 0. The number of rotatable bonds is 7. The number of methoxy groups -OCH3 is 1. The highest BCUT2D eigenvalue weighted by Crippen LogP contribution is 2.24. The number of hydrogen-bond donors (Lipinski definition) is 1. The van der Waals surface area contributed by atoms with E-state index in [1.807, 2.05) is 24.3 Å². The Labute approximate surface area is 131 Å². The van der Waals surface area contributed by atoms with Crippen LogP contribution in [0.2, 0.25) is 5.02 Å². The molecule has 3 heteroatoms. The number of benzene rings is 2. The second kappa shape index (κ2) is 8.06. The van der Waals surface area contributed by atoms with E-state index >= 15 is 0 Å². The van der Waals surface area contributed by atoms with Gasteiger partial charge in [-0.1, -0.05) is 41.9 Å². The molecule has 0 aliphatic carbocycles. The molecule has 0 radical (unpaired) electrons. The number of ether oxygens (including phenoxy) is 1. The van der Waals surface area contributed by atoms with E-state index in [0.29, 0.717) is 0 Å². The lowest BCUT2D eigenvalue weighted by Gasteiger charge is -2.14. The maximum Gasteiger partial charge on any atom is 0.122 e. The van der Waals surface area contributed by atoms with Crippen molar-refractivity contribution in [3.8, 4) is 5.75 Å². The van der Waals surface area contributed by atoms with Gasteiger partial charge >= 0.3 is 0 Å². The van der Waals surface area contributed by atoms with Crippen LogP contribution in [0, 0.1) is 0 Å². The molecule has 2 N–H and O–H groups in total. The van der Waals surface area contributed by atoms with Gasteiger partial charge in [0.05, 0.1) is 7.11 Å². The van der Waals surface area contributed by atoms with Gasteiger partial charge in [0.25, 0.3) is 0 Å². The second-order valence-corrected chi connectivity index (χ2v) is 5.73. The van der Waals surface area contributed by atoms with Crippen LogP contribution in [0.1, 0.15) is 24.0 Å². The van der Waals surface area contributed by atoms with Crippen molar-refractivity contribution in [3.63, 3.8) is 0 Å². The van der Waals surface area contributed by atoms with Crippen molar-refractivity contribution in [2.24, 2.45) is 5.73 Å². The molecular formula is C18H22ClNO. The Morgan fingerprint density at radius 1 is 1.14 bits per heavy atom. The molecule has 0 aliphatic rings. The molecule has 0 saturated carbocycles. The number of hydrogen-bond acceptors (Lipinski definition) is 2. The summed E-state index contributed by atoms with van der Waals surface area (Å²) in [4.78, 5) is 0. The minimum atomic E-state index is 0.126. The highest BCUT2D eigenvalue weighted by atomic mass is 35.5. The molecule has 2 nitrogen and oxygen atoms in total. The Bertz CT molecular complexity index is 556. The first kappa shape index (κ1) is 15.9. The molecule has 0 saturated heterocycles. The van der Waals surface area contributed by atoms with Crippen molar-refractivity contribution in [2.75, 3.05) is 7.11 Å². The van der Waals surface area contributed by atoms with E-state index in [0.717, 1.165) is 42.0 Å². The zero-order chi connectivity index (χ0) is 15.1. The van der Waals surface area contributed by atoms with Crippen LogP contribution in [0.15, 0.2) is 48.5 Å². The number of halogens is 1. The molecule has 0 bridgehead atoms. The minimum absolute atomic E-state index is 0.126. The average Bonchev–Trinajstić information content (AvgIpc) is 2.48. The van der Waals surface area contributed by atoms with Gasteiger partial charge in [-0.25, -0.2) is 0 Å². The molecule has 21 heavy (non-hydrogen) atoms. The molecular weight excluding hydrogens is 282 g/mol. The van der Waals surface area contributed by atoms with E-state index in [4.69, 9.17) is 22.1 Å². The normalized spacial score (nSPS) is 12.1. The third kappa shape index (κ3) is 5.07. The number of nitrogens with two attached hydrogens (primary N) is 1. The first-order chi connectivity index (χ1) is 10.2. The van der Waals surface area contributed by atoms with Crippen molar-refractivity contribution < 1.29 is 4.74 Å². The van der Waals surface area contributed by atoms with Gasteiger partial charge in [0.2, 0.25) is 0 Å². The van der Waals surface area contributed by atoms with Crippen molar-refractivity contribution in [1.82, 2.24) is 0 Å². The summed E-state index contributed by atoms with van der Waals surface area (Å²) in [5.74, 6) is 0.859. The summed E-state index contributed by atoms with van der Waals surface area (Å²) >= 11 is 6.05. The smallest absolute Gasteiger partial charge is 0.122 e. The van der Waals surface area contributed by atoms with Crippen LogP contribution in [0.4, 0.5) is 0 Å². The quantitative estimate of drug-likeness (QED) is 0.830. The van der Waals surface area contributed by atoms with Gasteiger partial charge in [-0.3, -0.25) is 0 Å². The van der Waals surface area contributed by atoms with Crippen molar-refractivity contribution >= 4 is 11.6 Å². The van der Waals surface area contributed by atoms with Crippen molar-refractivity contribution in [3.05, 3.63) is 64.7 Å². The Balaban J connectivity index is 1.84. The second-order valence-electron chi connectivity index (χ2n) is 5.30. The first-order valence-electron chi connectivity index (χ1n) is 7.31. The summed E-state index contributed by atoms with van der Waals surface area (Å²) in [7, 11) is 1.67. The maximum atomic E-state index is 6.24. The first-order valence-corrected chi connectivity index (χ1v) is 7.68. The predicted molar refractivity (Wildman–Crippen MR) is 89.1 cm³/mol. The molecule has 0 heterocycles. The molecule has 2 aromatic rings. The van der Waals surface area contributed by atoms with Gasteiger partial charge in [0.1, 0.15) is 5.75 Å². The molecule has 0 aliphatic heterocycles. The fourth-order valence-electron chi connectivity index (χ4n) is 2.50. The van der Waals surface area contributed by atoms with E-state index in [2.05, 4.69) is 24.3 Å². The Morgan fingerprint density at radius 2 is 1.90 bits per heavy atom. The molecule has 0 fully saturated rings. The zero-order valence-electron chi connectivity index (χ0n) is 12.4. The molecule has 2 rings (SSSR count). The van der Waals surface area contributed by atoms with Gasteiger partial charge in [0.15, 0.2) is 0 Å². The molecule has 112 valence electrons. The third-order valence-electron chi connectivity index (χ3n) is 3.61. The van der Waals surface area contributed by atoms with Crippen LogP contribution >= 0.6 is 11.6 Å². The minimum Gasteiger partial charge on any atom is -0.496 e. The van der Waals surface area contributed by atoms with E-state index < -0.39 is 0 Å². The Kier molecular flexibility index (Phi) is 6.09. The fourth-order valence-corrected chi connectivity index (χ4v) is 2.70.